The molecule has 1 aliphatic rings. The minimum absolute atomic E-state index is 0.890. The van der Waals surface area contributed by atoms with Crippen molar-refractivity contribution in [1.29, 1.82) is 0 Å². The van der Waals surface area contributed by atoms with Crippen molar-refractivity contribution in [2.24, 2.45) is 5.92 Å². The maximum absolute atomic E-state index is 10.4. The number of aliphatic carboxylic acids is 1. The van der Waals surface area contributed by atoms with Crippen molar-refractivity contribution < 1.29 is 9.90 Å². The van der Waals surface area contributed by atoms with Crippen molar-refractivity contribution in [3.05, 3.63) is 28.0 Å². The van der Waals surface area contributed by atoms with Crippen LogP contribution in [0.3, 0.4) is 0 Å². The SMILES string of the molecule is CN(Cc1cc(C=CC(=O)O)cs1)CC1CCC1. The van der Waals surface area contributed by atoms with Gasteiger partial charge in [-0.2, -0.15) is 0 Å². The molecule has 4 heteroatoms. The predicted molar refractivity (Wildman–Crippen MR) is 74.7 cm³/mol. The summed E-state index contributed by atoms with van der Waals surface area (Å²) in [4.78, 5) is 14.1. The molecular weight excluding hydrogens is 246 g/mol. The molecule has 1 aromatic rings. The first-order valence-electron chi connectivity index (χ1n) is 6.30. The van der Waals surface area contributed by atoms with Gasteiger partial charge in [0.05, 0.1) is 0 Å². The van der Waals surface area contributed by atoms with Crippen LogP contribution in [0.1, 0.15) is 29.7 Å². The number of hydrogen-bond acceptors (Lipinski definition) is 3. The minimum Gasteiger partial charge on any atom is -0.478 e. The molecule has 0 bridgehead atoms. The average Bonchev–Trinajstić information content (AvgIpc) is 2.68. The third-order valence-corrected chi connectivity index (χ3v) is 4.25. The second-order valence-electron chi connectivity index (χ2n) is 5.01. The van der Waals surface area contributed by atoms with Crippen molar-refractivity contribution in [2.75, 3.05) is 13.6 Å². The summed E-state index contributed by atoms with van der Waals surface area (Å²) < 4.78 is 0. The van der Waals surface area contributed by atoms with Gasteiger partial charge in [-0.1, -0.05) is 6.42 Å². The first-order chi connectivity index (χ1) is 8.63. The van der Waals surface area contributed by atoms with E-state index < -0.39 is 5.97 Å². The van der Waals surface area contributed by atoms with Crippen LogP contribution >= 0.6 is 11.3 Å². The number of carboxylic acids is 1. The summed E-state index contributed by atoms with van der Waals surface area (Å²) in [5.41, 5.74) is 0.981. The molecule has 0 aliphatic heterocycles. The van der Waals surface area contributed by atoms with Gasteiger partial charge in [-0.05, 0) is 48.9 Å². The Balaban J connectivity index is 1.83. The quantitative estimate of drug-likeness (QED) is 0.804. The number of carboxylic acid groups (broad SMARTS) is 1. The standard InChI is InChI=1S/C14H19NO2S/c1-15(8-11-3-2-4-11)9-13-7-12(10-18-13)5-6-14(16)17/h5-7,10-11H,2-4,8-9H2,1H3,(H,16,17). The third kappa shape index (κ3) is 3.96. The topological polar surface area (TPSA) is 40.5 Å². The highest BCUT2D eigenvalue weighted by Crippen LogP contribution is 2.27. The van der Waals surface area contributed by atoms with Gasteiger partial charge in [0.15, 0.2) is 0 Å². The van der Waals surface area contributed by atoms with Gasteiger partial charge in [-0.15, -0.1) is 11.3 Å². The fourth-order valence-electron chi connectivity index (χ4n) is 2.18. The van der Waals surface area contributed by atoms with E-state index in [-0.39, 0.29) is 0 Å². The van der Waals surface area contributed by atoms with Crippen LogP contribution in [0.5, 0.6) is 0 Å². The highest BCUT2D eigenvalue weighted by Gasteiger charge is 2.19. The molecule has 1 saturated carbocycles. The van der Waals surface area contributed by atoms with E-state index in [1.807, 2.05) is 5.38 Å². The molecule has 18 heavy (non-hydrogen) atoms. The number of hydrogen-bond donors (Lipinski definition) is 1. The fraction of sp³-hybridized carbons (Fsp3) is 0.500. The summed E-state index contributed by atoms with van der Waals surface area (Å²) >= 11 is 1.70. The highest BCUT2D eigenvalue weighted by molar-refractivity contribution is 7.10. The molecule has 0 amide bonds. The summed E-state index contributed by atoms with van der Waals surface area (Å²) in [6, 6.07) is 2.07. The second-order valence-corrected chi connectivity index (χ2v) is 6.01. The Morgan fingerprint density at radius 2 is 2.39 bits per heavy atom. The molecular formula is C14H19NO2S. The lowest BCUT2D eigenvalue weighted by atomic mass is 9.85. The number of nitrogens with zero attached hydrogens (tertiary/aromatic N) is 1. The third-order valence-electron chi connectivity index (χ3n) is 3.31. The van der Waals surface area contributed by atoms with Gasteiger partial charge in [0, 0.05) is 24.0 Å². The Kier molecular flexibility index (Phi) is 4.55. The normalized spacial score (nSPS) is 16.3. The van der Waals surface area contributed by atoms with Crippen LogP contribution in [-0.4, -0.2) is 29.6 Å². The largest absolute Gasteiger partial charge is 0.478 e. The van der Waals surface area contributed by atoms with Crippen LogP contribution in [0.2, 0.25) is 0 Å². The van der Waals surface area contributed by atoms with Crippen molar-refractivity contribution in [1.82, 2.24) is 4.90 Å². The number of rotatable bonds is 6. The Morgan fingerprint density at radius 3 is 3.00 bits per heavy atom. The molecule has 1 aromatic heterocycles. The maximum atomic E-state index is 10.4. The molecule has 0 saturated heterocycles. The monoisotopic (exact) mass is 265 g/mol. The van der Waals surface area contributed by atoms with E-state index >= 15 is 0 Å². The Morgan fingerprint density at radius 1 is 1.61 bits per heavy atom. The van der Waals surface area contributed by atoms with E-state index in [0.717, 1.165) is 18.0 Å². The molecule has 0 unspecified atom stereocenters. The van der Waals surface area contributed by atoms with Crippen molar-refractivity contribution in [2.45, 2.75) is 25.8 Å². The predicted octanol–water partition coefficient (Wildman–Crippen LogP) is 3.08. The average molecular weight is 265 g/mol. The number of carbonyl (C=O) groups is 1. The van der Waals surface area contributed by atoms with Crippen molar-refractivity contribution in [3.8, 4) is 0 Å². The van der Waals surface area contributed by atoms with E-state index in [2.05, 4.69) is 18.0 Å². The molecule has 0 atom stereocenters. The summed E-state index contributed by atoms with van der Waals surface area (Å²) in [5.74, 6) is -0.00816. The lowest BCUT2D eigenvalue weighted by Crippen LogP contribution is -2.28. The van der Waals surface area contributed by atoms with E-state index in [4.69, 9.17) is 5.11 Å². The smallest absolute Gasteiger partial charge is 0.328 e. The van der Waals surface area contributed by atoms with Crippen LogP contribution in [0, 0.1) is 5.92 Å². The van der Waals surface area contributed by atoms with Crippen molar-refractivity contribution >= 4 is 23.4 Å². The summed E-state index contributed by atoms with van der Waals surface area (Å²) in [6.45, 7) is 2.14. The molecule has 1 fully saturated rings. The second kappa shape index (κ2) is 6.16. The molecule has 0 spiro atoms. The molecule has 98 valence electrons. The zero-order valence-corrected chi connectivity index (χ0v) is 11.4. The first-order valence-corrected chi connectivity index (χ1v) is 7.18. The van der Waals surface area contributed by atoms with E-state index in [9.17, 15) is 4.79 Å². The summed E-state index contributed by atoms with van der Waals surface area (Å²) in [7, 11) is 2.16. The zero-order chi connectivity index (χ0) is 13.0. The van der Waals surface area contributed by atoms with E-state index in [1.165, 1.54) is 36.8 Å². The summed E-state index contributed by atoms with van der Waals surface area (Å²) in [5, 5.41) is 10.6. The van der Waals surface area contributed by atoms with Gasteiger partial charge < -0.3 is 10.0 Å². The first kappa shape index (κ1) is 13.3. The molecule has 0 radical (unpaired) electrons. The van der Waals surface area contributed by atoms with Crippen LogP contribution in [0.15, 0.2) is 17.5 Å². The van der Waals surface area contributed by atoms with Gasteiger partial charge >= 0.3 is 5.97 Å². The lowest BCUT2D eigenvalue weighted by molar-refractivity contribution is -0.131. The molecule has 1 heterocycles. The van der Waals surface area contributed by atoms with Crippen LogP contribution in [-0.2, 0) is 11.3 Å². The fourth-order valence-corrected chi connectivity index (χ4v) is 3.12. The molecule has 3 nitrogen and oxygen atoms in total. The van der Waals surface area contributed by atoms with Gasteiger partial charge in [0.2, 0.25) is 0 Å². The van der Waals surface area contributed by atoms with Gasteiger partial charge in [0.1, 0.15) is 0 Å². The van der Waals surface area contributed by atoms with E-state index in [1.54, 1.807) is 17.4 Å². The molecule has 1 aliphatic carbocycles. The Labute approximate surface area is 112 Å². The Bertz CT molecular complexity index is 435. The van der Waals surface area contributed by atoms with E-state index in [0.29, 0.717) is 0 Å². The molecule has 0 aromatic carbocycles. The lowest BCUT2D eigenvalue weighted by Gasteiger charge is -2.29. The molecule has 1 N–H and O–H groups in total. The molecule has 2 rings (SSSR count). The van der Waals surface area contributed by atoms with Gasteiger partial charge in [0.25, 0.3) is 0 Å². The maximum Gasteiger partial charge on any atom is 0.328 e. The van der Waals surface area contributed by atoms with Gasteiger partial charge in [-0.25, -0.2) is 4.79 Å². The Hall–Kier alpha value is -1.13. The zero-order valence-electron chi connectivity index (χ0n) is 10.6. The number of thiophene rings is 1. The van der Waals surface area contributed by atoms with Crippen molar-refractivity contribution in [3.63, 3.8) is 0 Å². The summed E-state index contributed by atoms with van der Waals surface area (Å²) in [6.07, 6.45) is 6.97. The minimum atomic E-state index is -0.898. The highest BCUT2D eigenvalue weighted by atomic mass is 32.1. The van der Waals surface area contributed by atoms with Crippen LogP contribution in [0.4, 0.5) is 0 Å². The van der Waals surface area contributed by atoms with Gasteiger partial charge in [-0.3, -0.25) is 0 Å². The van der Waals surface area contributed by atoms with Crippen LogP contribution in [0.25, 0.3) is 6.08 Å². The van der Waals surface area contributed by atoms with Crippen LogP contribution < -0.4 is 0 Å².